The molecule has 2 atom stereocenters. The Kier molecular flexibility index (Phi) is 7.25. The smallest absolute Gasteiger partial charge is 0.0465 e. The van der Waals surface area contributed by atoms with Crippen molar-refractivity contribution in [2.24, 2.45) is 5.92 Å². The quantitative estimate of drug-likeness (QED) is 0.736. The van der Waals surface area contributed by atoms with Crippen LogP contribution in [0.5, 0.6) is 0 Å². The predicted molar refractivity (Wildman–Crippen MR) is 87.2 cm³/mol. The first-order valence-corrected chi connectivity index (χ1v) is 7.88. The van der Waals surface area contributed by atoms with Crippen LogP contribution in [-0.4, -0.2) is 26.8 Å². The number of ether oxygens (including phenoxy) is 1. The maximum atomic E-state index is 5.27. The van der Waals surface area contributed by atoms with Gasteiger partial charge in [-0.2, -0.15) is 0 Å². The molecule has 0 aliphatic rings. The third kappa shape index (κ3) is 3.62. The maximum absolute atomic E-state index is 5.27. The summed E-state index contributed by atoms with van der Waals surface area (Å²) in [5.74, 6) is 0.583. The minimum absolute atomic E-state index is 0.198. The van der Waals surface area contributed by atoms with Crippen LogP contribution in [0.1, 0.15) is 45.6 Å². The van der Waals surface area contributed by atoms with Crippen molar-refractivity contribution in [2.75, 3.05) is 20.8 Å². The number of benzene rings is 1. The van der Waals surface area contributed by atoms with Crippen LogP contribution in [0.2, 0.25) is 0 Å². The van der Waals surface area contributed by atoms with Crippen LogP contribution < -0.4 is 5.32 Å². The molecule has 114 valence electrons. The Morgan fingerprint density at radius 3 is 2.20 bits per heavy atom. The van der Waals surface area contributed by atoms with Crippen molar-refractivity contribution in [2.45, 2.75) is 51.5 Å². The molecule has 1 aromatic rings. The number of methoxy groups -OCH3 is 1. The monoisotopic (exact) mass is 277 g/mol. The Morgan fingerprint density at radius 2 is 1.75 bits per heavy atom. The summed E-state index contributed by atoms with van der Waals surface area (Å²) >= 11 is 0. The highest BCUT2D eigenvalue weighted by Crippen LogP contribution is 2.38. The number of rotatable bonds is 9. The zero-order valence-corrected chi connectivity index (χ0v) is 13.8. The number of hydrogen-bond donors (Lipinski definition) is 1. The lowest BCUT2D eigenvalue weighted by molar-refractivity contribution is 0.146. The van der Waals surface area contributed by atoms with Gasteiger partial charge < -0.3 is 10.1 Å². The van der Waals surface area contributed by atoms with Gasteiger partial charge in [0.25, 0.3) is 0 Å². The summed E-state index contributed by atoms with van der Waals surface area (Å²) in [6.45, 7) is 7.79. The Labute approximate surface area is 124 Å². The Hall–Kier alpha value is -0.860. The molecule has 0 saturated carbocycles. The van der Waals surface area contributed by atoms with Gasteiger partial charge in [0, 0.05) is 25.2 Å². The minimum Gasteiger partial charge on any atom is -0.385 e. The van der Waals surface area contributed by atoms with Gasteiger partial charge in [0.05, 0.1) is 0 Å². The van der Waals surface area contributed by atoms with Crippen molar-refractivity contribution in [1.82, 2.24) is 5.32 Å². The molecule has 0 fully saturated rings. The molecule has 1 rings (SSSR count). The van der Waals surface area contributed by atoms with E-state index in [1.54, 1.807) is 7.11 Å². The summed E-state index contributed by atoms with van der Waals surface area (Å²) < 4.78 is 5.27. The molecule has 2 heteroatoms. The van der Waals surface area contributed by atoms with Crippen LogP contribution in [0.25, 0.3) is 0 Å². The predicted octanol–water partition coefficient (Wildman–Crippen LogP) is 4.01. The fourth-order valence-corrected chi connectivity index (χ4v) is 3.62. The van der Waals surface area contributed by atoms with Crippen molar-refractivity contribution >= 4 is 0 Å². The van der Waals surface area contributed by atoms with Crippen molar-refractivity contribution in [3.05, 3.63) is 35.9 Å². The molecule has 2 unspecified atom stereocenters. The van der Waals surface area contributed by atoms with Gasteiger partial charge in [-0.05, 0) is 37.8 Å². The third-order valence-electron chi connectivity index (χ3n) is 4.86. The van der Waals surface area contributed by atoms with Gasteiger partial charge in [-0.1, -0.05) is 51.1 Å². The van der Waals surface area contributed by atoms with E-state index < -0.39 is 0 Å². The van der Waals surface area contributed by atoms with Crippen molar-refractivity contribution in [3.63, 3.8) is 0 Å². The van der Waals surface area contributed by atoms with Crippen molar-refractivity contribution in [3.8, 4) is 0 Å². The summed E-state index contributed by atoms with van der Waals surface area (Å²) in [5, 5.41) is 3.60. The van der Waals surface area contributed by atoms with Crippen LogP contribution in [0.4, 0.5) is 0 Å². The molecule has 0 aliphatic heterocycles. The normalized spacial score (nSPS) is 15.1. The molecule has 0 radical (unpaired) electrons. The zero-order chi connectivity index (χ0) is 15.0. The van der Waals surface area contributed by atoms with E-state index in [9.17, 15) is 0 Å². The summed E-state index contributed by atoms with van der Waals surface area (Å²) in [6, 6.07) is 11.4. The van der Waals surface area contributed by atoms with E-state index in [2.05, 4.69) is 63.5 Å². The second-order valence-corrected chi connectivity index (χ2v) is 5.75. The number of nitrogens with one attached hydrogen (secondary N) is 1. The second-order valence-electron chi connectivity index (χ2n) is 5.75. The first kappa shape index (κ1) is 17.2. The highest BCUT2D eigenvalue weighted by molar-refractivity contribution is 5.28. The van der Waals surface area contributed by atoms with Crippen molar-refractivity contribution in [1.29, 1.82) is 0 Å². The number of hydrogen-bond acceptors (Lipinski definition) is 2. The largest absolute Gasteiger partial charge is 0.385 e. The molecular weight excluding hydrogens is 246 g/mol. The molecule has 0 saturated heterocycles. The van der Waals surface area contributed by atoms with Crippen molar-refractivity contribution < 1.29 is 4.74 Å². The van der Waals surface area contributed by atoms with Crippen LogP contribution in [0.3, 0.4) is 0 Å². The fraction of sp³-hybridized carbons (Fsp3) is 0.667. The molecule has 1 N–H and O–H groups in total. The van der Waals surface area contributed by atoms with Gasteiger partial charge in [0.1, 0.15) is 0 Å². The van der Waals surface area contributed by atoms with Gasteiger partial charge >= 0.3 is 0 Å². The fourth-order valence-electron chi connectivity index (χ4n) is 3.62. The topological polar surface area (TPSA) is 21.3 Å². The third-order valence-corrected chi connectivity index (χ3v) is 4.86. The molecule has 0 aromatic heterocycles. The Bertz CT molecular complexity index is 359. The molecule has 0 spiro atoms. The summed E-state index contributed by atoms with van der Waals surface area (Å²) in [7, 11) is 3.88. The van der Waals surface area contributed by atoms with E-state index >= 15 is 0 Å². The van der Waals surface area contributed by atoms with E-state index in [0.717, 1.165) is 25.9 Å². The highest BCUT2D eigenvalue weighted by atomic mass is 16.5. The maximum Gasteiger partial charge on any atom is 0.0465 e. The molecule has 0 bridgehead atoms. The molecule has 20 heavy (non-hydrogen) atoms. The summed E-state index contributed by atoms with van der Waals surface area (Å²) in [4.78, 5) is 0. The van der Waals surface area contributed by atoms with Crippen LogP contribution in [0, 0.1) is 5.92 Å². The van der Waals surface area contributed by atoms with E-state index in [-0.39, 0.29) is 5.41 Å². The van der Waals surface area contributed by atoms with Crippen LogP contribution in [0.15, 0.2) is 30.3 Å². The Morgan fingerprint density at radius 1 is 1.15 bits per heavy atom. The SMILES string of the molecule is CCC(CC)(c1ccccc1)C(NC)C(C)CCOC. The van der Waals surface area contributed by atoms with Crippen LogP contribution >= 0.6 is 0 Å². The molecule has 0 aliphatic carbocycles. The van der Waals surface area contributed by atoms with E-state index in [1.165, 1.54) is 5.56 Å². The van der Waals surface area contributed by atoms with Gasteiger partial charge in [-0.25, -0.2) is 0 Å². The second kappa shape index (κ2) is 8.43. The summed E-state index contributed by atoms with van der Waals surface area (Å²) in [6.07, 6.45) is 3.39. The lowest BCUT2D eigenvalue weighted by Crippen LogP contribution is -2.50. The van der Waals surface area contributed by atoms with Gasteiger partial charge in [-0.3, -0.25) is 0 Å². The lowest BCUT2D eigenvalue weighted by Gasteiger charge is -2.43. The first-order chi connectivity index (χ1) is 9.66. The van der Waals surface area contributed by atoms with E-state index in [1.807, 2.05) is 0 Å². The average molecular weight is 277 g/mol. The molecular formula is C18H31NO. The van der Waals surface area contributed by atoms with Gasteiger partial charge in [0.2, 0.25) is 0 Å². The molecule has 0 amide bonds. The summed E-state index contributed by atoms with van der Waals surface area (Å²) in [5.41, 5.74) is 1.65. The minimum atomic E-state index is 0.198. The van der Waals surface area contributed by atoms with Crippen LogP contribution in [-0.2, 0) is 10.2 Å². The standard InChI is InChI=1S/C18H31NO/c1-6-18(7-2,16-11-9-8-10-12-16)17(19-4)15(3)13-14-20-5/h8-12,15,17,19H,6-7,13-14H2,1-5H3. The average Bonchev–Trinajstić information content (AvgIpc) is 2.51. The number of likely N-dealkylation sites (N-methyl/N-ethyl adjacent to an activating group) is 1. The first-order valence-electron chi connectivity index (χ1n) is 7.88. The zero-order valence-electron chi connectivity index (χ0n) is 13.8. The molecule has 0 heterocycles. The Balaban J connectivity index is 3.09. The highest BCUT2D eigenvalue weighted by Gasteiger charge is 2.39. The van der Waals surface area contributed by atoms with Gasteiger partial charge in [0.15, 0.2) is 0 Å². The lowest BCUT2D eigenvalue weighted by atomic mass is 9.66. The van der Waals surface area contributed by atoms with E-state index in [4.69, 9.17) is 4.74 Å². The van der Waals surface area contributed by atoms with Gasteiger partial charge in [-0.15, -0.1) is 0 Å². The molecule has 1 aromatic carbocycles. The molecule has 2 nitrogen and oxygen atoms in total. The van der Waals surface area contributed by atoms with E-state index in [0.29, 0.717) is 12.0 Å².